The molecule has 0 aromatic heterocycles. The highest BCUT2D eigenvalue weighted by atomic mass is 16.2. The average molecular weight is 441 g/mol. The van der Waals surface area contributed by atoms with Crippen molar-refractivity contribution in [3.8, 4) is 0 Å². The third-order valence-electron chi connectivity index (χ3n) is 7.29. The Balaban J connectivity index is 1.72. The molecule has 4 heteroatoms. The SMILES string of the molecule is CC1(C)CC(C(=O)Nc2ccccc2NC(=O)C2CC(C)(C)CC(C)(C)C2)CC(C)(C)C1. The van der Waals surface area contributed by atoms with Gasteiger partial charge in [-0.25, -0.2) is 0 Å². The van der Waals surface area contributed by atoms with Gasteiger partial charge in [0.2, 0.25) is 11.8 Å². The Morgan fingerprint density at radius 2 is 0.906 bits per heavy atom. The molecule has 178 valence electrons. The summed E-state index contributed by atoms with van der Waals surface area (Å²) >= 11 is 0. The number of amides is 2. The van der Waals surface area contributed by atoms with E-state index in [0.717, 1.165) is 38.5 Å². The number of para-hydroxylation sites is 2. The summed E-state index contributed by atoms with van der Waals surface area (Å²) in [7, 11) is 0. The minimum Gasteiger partial charge on any atom is -0.324 e. The monoisotopic (exact) mass is 440 g/mol. The van der Waals surface area contributed by atoms with Crippen LogP contribution in [0.2, 0.25) is 0 Å². The van der Waals surface area contributed by atoms with Crippen molar-refractivity contribution < 1.29 is 9.59 Å². The van der Waals surface area contributed by atoms with Crippen LogP contribution in [0.15, 0.2) is 24.3 Å². The van der Waals surface area contributed by atoms with E-state index in [2.05, 4.69) is 66.0 Å². The van der Waals surface area contributed by atoms with Gasteiger partial charge in [0.05, 0.1) is 11.4 Å². The summed E-state index contributed by atoms with van der Waals surface area (Å²) in [5.74, 6) is 0.0925. The Kier molecular flexibility index (Phi) is 6.59. The highest BCUT2D eigenvalue weighted by Crippen LogP contribution is 2.49. The second-order valence-corrected chi connectivity index (χ2v) is 13.7. The number of rotatable bonds is 4. The maximum Gasteiger partial charge on any atom is 0.227 e. The van der Waals surface area contributed by atoms with E-state index in [-0.39, 0.29) is 45.3 Å². The van der Waals surface area contributed by atoms with Crippen LogP contribution >= 0.6 is 0 Å². The second-order valence-electron chi connectivity index (χ2n) is 13.7. The molecule has 1 aromatic carbocycles. The zero-order valence-corrected chi connectivity index (χ0v) is 21.5. The molecule has 0 unspecified atom stereocenters. The number of hydrogen-bond donors (Lipinski definition) is 2. The van der Waals surface area contributed by atoms with E-state index in [1.165, 1.54) is 0 Å². The molecule has 0 atom stereocenters. The highest BCUT2D eigenvalue weighted by Gasteiger charge is 2.42. The van der Waals surface area contributed by atoms with Gasteiger partial charge >= 0.3 is 0 Å². The third kappa shape index (κ3) is 6.36. The molecule has 2 N–H and O–H groups in total. The normalized spacial score (nSPS) is 24.5. The lowest BCUT2D eigenvalue weighted by Gasteiger charge is -2.44. The van der Waals surface area contributed by atoms with Crippen LogP contribution in [0, 0.1) is 33.5 Å². The zero-order chi connectivity index (χ0) is 23.9. The van der Waals surface area contributed by atoms with Crippen LogP contribution in [0.3, 0.4) is 0 Å². The predicted molar refractivity (Wildman–Crippen MR) is 134 cm³/mol. The molecule has 0 aliphatic heterocycles. The summed E-state index contributed by atoms with van der Waals surface area (Å²) in [5, 5.41) is 6.29. The summed E-state index contributed by atoms with van der Waals surface area (Å²) in [6.07, 6.45) is 5.83. The van der Waals surface area contributed by atoms with Gasteiger partial charge in [0.1, 0.15) is 0 Å². The van der Waals surface area contributed by atoms with Crippen molar-refractivity contribution in [3.63, 3.8) is 0 Å². The molecule has 2 saturated carbocycles. The van der Waals surface area contributed by atoms with Crippen LogP contribution in [0.25, 0.3) is 0 Å². The summed E-state index contributed by atoms with van der Waals surface area (Å²) in [5.41, 5.74) is 1.99. The second kappa shape index (κ2) is 8.50. The molecule has 2 amide bonds. The maximum absolute atomic E-state index is 13.2. The van der Waals surface area contributed by atoms with E-state index < -0.39 is 0 Å². The summed E-state index contributed by atoms with van der Waals surface area (Å²) < 4.78 is 0. The third-order valence-corrected chi connectivity index (χ3v) is 7.29. The molecule has 4 nitrogen and oxygen atoms in total. The van der Waals surface area contributed by atoms with Gasteiger partial charge in [0.15, 0.2) is 0 Å². The molecule has 0 bridgehead atoms. The van der Waals surface area contributed by atoms with E-state index in [0.29, 0.717) is 11.4 Å². The Labute approximate surface area is 195 Å². The molecular formula is C28H44N2O2. The summed E-state index contributed by atoms with van der Waals surface area (Å²) in [4.78, 5) is 26.5. The number of carbonyl (C=O) groups excluding carboxylic acids is 2. The number of hydrogen-bond acceptors (Lipinski definition) is 2. The van der Waals surface area contributed by atoms with Crippen molar-refractivity contribution in [2.45, 2.75) is 93.9 Å². The average Bonchev–Trinajstić information content (AvgIpc) is 2.58. The molecule has 0 heterocycles. The van der Waals surface area contributed by atoms with Gasteiger partial charge in [-0.3, -0.25) is 9.59 Å². The van der Waals surface area contributed by atoms with Crippen molar-refractivity contribution in [2.75, 3.05) is 10.6 Å². The van der Waals surface area contributed by atoms with Gasteiger partial charge in [0, 0.05) is 11.8 Å². The van der Waals surface area contributed by atoms with Crippen LogP contribution in [0.4, 0.5) is 11.4 Å². The smallest absolute Gasteiger partial charge is 0.227 e. The Bertz CT molecular complexity index is 763. The van der Waals surface area contributed by atoms with Crippen LogP contribution in [0.1, 0.15) is 93.9 Å². The van der Waals surface area contributed by atoms with Crippen LogP contribution in [-0.2, 0) is 9.59 Å². The fourth-order valence-electron chi connectivity index (χ4n) is 7.23. The quantitative estimate of drug-likeness (QED) is 0.517. The summed E-state index contributed by atoms with van der Waals surface area (Å²) in [6.45, 7) is 18.1. The minimum absolute atomic E-state index is 0.0162. The first-order chi connectivity index (χ1) is 14.6. The van der Waals surface area contributed by atoms with Crippen molar-refractivity contribution in [1.29, 1.82) is 0 Å². The topological polar surface area (TPSA) is 58.2 Å². The van der Waals surface area contributed by atoms with Gasteiger partial charge < -0.3 is 10.6 Å². The van der Waals surface area contributed by atoms with Crippen molar-refractivity contribution in [2.24, 2.45) is 33.5 Å². The molecule has 2 aliphatic rings. The van der Waals surface area contributed by atoms with E-state index >= 15 is 0 Å². The molecule has 0 radical (unpaired) electrons. The van der Waals surface area contributed by atoms with Crippen molar-refractivity contribution >= 4 is 23.2 Å². The first kappa shape index (κ1) is 24.8. The van der Waals surface area contributed by atoms with E-state index in [9.17, 15) is 9.59 Å². The number of carbonyl (C=O) groups is 2. The molecule has 0 saturated heterocycles. The first-order valence-electron chi connectivity index (χ1n) is 12.3. The number of anilines is 2. The molecular weight excluding hydrogens is 396 g/mol. The molecule has 3 rings (SSSR count). The predicted octanol–water partition coefficient (Wildman–Crippen LogP) is 7.27. The molecule has 0 spiro atoms. The molecule has 1 aromatic rings. The zero-order valence-electron chi connectivity index (χ0n) is 21.5. The van der Waals surface area contributed by atoms with Gasteiger partial charge in [-0.2, -0.15) is 0 Å². The van der Waals surface area contributed by atoms with Crippen LogP contribution < -0.4 is 10.6 Å². The number of nitrogens with one attached hydrogen (secondary N) is 2. The van der Waals surface area contributed by atoms with Gasteiger partial charge in [-0.15, -0.1) is 0 Å². The maximum atomic E-state index is 13.2. The van der Waals surface area contributed by atoms with Gasteiger partial charge in [-0.05, 0) is 72.3 Å². The van der Waals surface area contributed by atoms with Gasteiger partial charge in [-0.1, -0.05) is 67.5 Å². The standard InChI is InChI=1S/C28H44N2O2/c1-25(2)13-19(14-26(3,4)17-25)23(31)29-21-11-9-10-12-22(21)30-24(32)20-15-27(5,6)18-28(7,8)16-20/h9-12,19-20H,13-18H2,1-8H3,(H,29,31)(H,30,32). The fraction of sp³-hybridized carbons (Fsp3) is 0.714. The summed E-state index contributed by atoms with van der Waals surface area (Å²) in [6, 6.07) is 7.60. The lowest BCUT2D eigenvalue weighted by atomic mass is 9.61. The van der Waals surface area contributed by atoms with Gasteiger partial charge in [0.25, 0.3) is 0 Å². The van der Waals surface area contributed by atoms with Crippen molar-refractivity contribution in [3.05, 3.63) is 24.3 Å². The Hall–Kier alpha value is -1.84. The highest BCUT2D eigenvalue weighted by molar-refractivity contribution is 6.01. The van der Waals surface area contributed by atoms with E-state index in [1.807, 2.05) is 24.3 Å². The Morgan fingerprint density at radius 3 is 1.19 bits per heavy atom. The van der Waals surface area contributed by atoms with Crippen LogP contribution in [-0.4, -0.2) is 11.8 Å². The first-order valence-corrected chi connectivity index (χ1v) is 12.3. The van der Waals surface area contributed by atoms with Crippen molar-refractivity contribution in [1.82, 2.24) is 0 Å². The lowest BCUT2D eigenvalue weighted by molar-refractivity contribution is -0.124. The lowest BCUT2D eigenvalue weighted by Crippen LogP contribution is -2.40. The Morgan fingerprint density at radius 1 is 0.625 bits per heavy atom. The van der Waals surface area contributed by atoms with E-state index in [4.69, 9.17) is 0 Å². The molecule has 2 aliphatic carbocycles. The molecule has 32 heavy (non-hydrogen) atoms. The fourth-order valence-corrected chi connectivity index (χ4v) is 7.23. The van der Waals surface area contributed by atoms with Crippen LogP contribution in [0.5, 0.6) is 0 Å². The molecule has 2 fully saturated rings. The minimum atomic E-state index is -0.0162. The largest absolute Gasteiger partial charge is 0.324 e. The number of benzene rings is 1. The van der Waals surface area contributed by atoms with E-state index in [1.54, 1.807) is 0 Å².